The number of carboxylic acids is 1. The predicted octanol–water partition coefficient (Wildman–Crippen LogP) is 2.33. The van der Waals surface area contributed by atoms with Gasteiger partial charge in [0.1, 0.15) is 0 Å². The van der Waals surface area contributed by atoms with Crippen LogP contribution in [-0.2, 0) is 6.42 Å². The Kier molecular flexibility index (Phi) is 2.42. The van der Waals surface area contributed by atoms with Gasteiger partial charge in [0, 0.05) is 6.42 Å². The van der Waals surface area contributed by atoms with Gasteiger partial charge in [0.05, 0.1) is 11.6 Å². The number of nitriles is 1. The van der Waals surface area contributed by atoms with Crippen LogP contribution in [0.1, 0.15) is 40.2 Å². The topological polar surface area (TPSA) is 61.1 Å². The highest BCUT2D eigenvalue weighted by atomic mass is 16.4. The van der Waals surface area contributed by atoms with Gasteiger partial charge in [-0.25, -0.2) is 4.79 Å². The van der Waals surface area contributed by atoms with E-state index < -0.39 is 5.97 Å². The van der Waals surface area contributed by atoms with E-state index in [1.807, 2.05) is 6.07 Å². The SMILES string of the molecule is N#CCC1CCc2cc(C(=O)O)ccc21. The molecular formula is C12H11NO2. The van der Waals surface area contributed by atoms with Crippen LogP contribution < -0.4 is 0 Å². The van der Waals surface area contributed by atoms with Gasteiger partial charge in [0.25, 0.3) is 0 Å². The molecule has 15 heavy (non-hydrogen) atoms. The van der Waals surface area contributed by atoms with Crippen LogP contribution in [0.25, 0.3) is 0 Å². The molecule has 1 aliphatic carbocycles. The first-order valence-electron chi connectivity index (χ1n) is 4.95. The summed E-state index contributed by atoms with van der Waals surface area (Å²) in [6, 6.07) is 7.38. The van der Waals surface area contributed by atoms with E-state index in [0.717, 1.165) is 24.0 Å². The van der Waals surface area contributed by atoms with Crippen molar-refractivity contribution >= 4 is 5.97 Å². The summed E-state index contributed by atoms with van der Waals surface area (Å²) in [5.41, 5.74) is 2.59. The van der Waals surface area contributed by atoms with Crippen molar-refractivity contribution < 1.29 is 9.90 Å². The maximum Gasteiger partial charge on any atom is 0.335 e. The smallest absolute Gasteiger partial charge is 0.335 e. The molecule has 0 spiro atoms. The fraction of sp³-hybridized carbons (Fsp3) is 0.333. The van der Waals surface area contributed by atoms with E-state index in [0.29, 0.717) is 17.9 Å². The van der Waals surface area contributed by atoms with Gasteiger partial charge in [-0.05, 0) is 42.0 Å². The summed E-state index contributed by atoms with van der Waals surface area (Å²) in [5.74, 6) is -0.589. The number of rotatable bonds is 2. The Balaban J connectivity index is 2.34. The van der Waals surface area contributed by atoms with Crippen LogP contribution in [0.4, 0.5) is 0 Å². The third-order valence-electron chi connectivity index (χ3n) is 2.93. The maximum atomic E-state index is 10.8. The molecule has 2 rings (SSSR count). The fourth-order valence-electron chi connectivity index (χ4n) is 2.16. The van der Waals surface area contributed by atoms with Crippen LogP contribution >= 0.6 is 0 Å². The highest BCUT2D eigenvalue weighted by Crippen LogP contribution is 2.35. The molecule has 0 aliphatic heterocycles. The minimum absolute atomic E-state index is 0.299. The molecule has 3 nitrogen and oxygen atoms in total. The molecular weight excluding hydrogens is 190 g/mol. The number of nitrogens with zero attached hydrogens (tertiary/aromatic N) is 1. The second-order valence-corrected chi connectivity index (χ2v) is 3.82. The highest BCUT2D eigenvalue weighted by molar-refractivity contribution is 5.88. The number of hydrogen-bond acceptors (Lipinski definition) is 2. The minimum Gasteiger partial charge on any atom is -0.478 e. The Morgan fingerprint density at radius 1 is 1.60 bits per heavy atom. The molecule has 1 aromatic rings. The van der Waals surface area contributed by atoms with E-state index in [-0.39, 0.29) is 0 Å². The van der Waals surface area contributed by atoms with Gasteiger partial charge in [-0.15, -0.1) is 0 Å². The van der Waals surface area contributed by atoms with Gasteiger partial charge in [0.15, 0.2) is 0 Å². The average Bonchev–Trinajstić information content (AvgIpc) is 2.61. The Morgan fingerprint density at radius 3 is 3.07 bits per heavy atom. The highest BCUT2D eigenvalue weighted by Gasteiger charge is 2.22. The van der Waals surface area contributed by atoms with Crippen molar-refractivity contribution in [1.82, 2.24) is 0 Å². The number of benzene rings is 1. The van der Waals surface area contributed by atoms with E-state index in [4.69, 9.17) is 10.4 Å². The molecule has 0 saturated heterocycles. The molecule has 1 N–H and O–H groups in total. The number of aromatic carboxylic acids is 1. The van der Waals surface area contributed by atoms with E-state index in [1.165, 1.54) is 0 Å². The summed E-state index contributed by atoms with van der Waals surface area (Å²) in [5, 5.41) is 17.5. The number of fused-ring (bicyclic) bond motifs is 1. The van der Waals surface area contributed by atoms with E-state index in [2.05, 4.69) is 6.07 Å². The predicted molar refractivity (Wildman–Crippen MR) is 54.7 cm³/mol. The van der Waals surface area contributed by atoms with Crippen LogP contribution in [0.5, 0.6) is 0 Å². The first-order chi connectivity index (χ1) is 7.22. The first kappa shape index (κ1) is 9.72. The molecule has 0 heterocycles. The lowest BCUT2D eigenvalue weighted by molar-refractivity contribution is 0.0697. The summed E-state index contributed by atoms with van der Waals surface area (Å²) in [6.45, 7) is 0. The molecule has 1 unspecified atom stereocenters. The monoisotopic (exact) mass is 201 g/mol. The van der Waals surface area contributed by atoms with Crippen molar-refractivity contribution in [3.63, 3.8) is 0 Å². The summed E-state index contributed by atoms with van der Waals surface area (Å²) in [6.07, 6.45) is 2.38. The molecule has 0 fully saturated rings. The van der Waals surface area contributed by atoms with Crippen molar-refractivity contribution in [2.75, 3.05) is 0 Å². The standard InChI is InChI=1S/C12H11NO2/c13-6-5-8-1-2-9-7-10(12(14)15)3-4-11(8)9/h3-4,7-8H,1-2,5H2,(H,14,15). The number of carboxylic acid groups (broad SMARTS) is 1. The number of carbonyl (C=O) groups is 1. The first-order valence-corrected chi connectivity index (χ1v) is 4.95. The normalized spacial score (nSPS) is 18.2. The number of hydrogen-bond donors (Lipinski definition) is 1. The van der Waals surface area contributed by atoms with Crippen LogP contribution in [0.15, 0.2) is 18.2 Å². The van der Waals surface area contributed by atoms with Crippen molar-refractivity contribution in [1.29, 1.82) is 5.26 Å². The Morgan fingerprint density at radius 2 is 2.40 bits per heavy atom. The zero-order valence-electron chi connectivity index (χ0n) is 8.23. The summed E-state index contributed by atoms with van der Waals surface area (Å²) < 4.78 is 0. The van der Waals surface area contributed by atoms with Crippen LogP contribution in [-0.4, -0.2) is 11.1 Å². The largest absolute Gasteiger partial charge is 0.478 e. The third-order valence-corrected chi connectivity index (χ3v) is 2.93. The lowest BCUT2D eigenvalue weighted by Crippen LogP contribution is -1.98. The van der Waals surface area contributed by atoms with Gasteiger partial charge in [-0.2, -0.15) is 5.26 Å². The van der Waals surface area contributed by atoms with Crippen LogP contribution in [0, 0.1) is 11.3 Å². The van der Waals surface area contributed by atoms with Gasteiger partial charge >= 0.3 is 5.97 Å². The summed E-state index contributed by atoms with van der Waals surface area (Å²) in [4.78, 5) is 10.8. The van der Waals surface area contributed by atoms with Crippen molar-refractivity contribution in [2.45, 2.75) is 25.2 Å². The summed E-state index contributed by atoms with van der Waals surface area (Å²) >= 11 is 0. The van der Waals surface area contributed by atoms with E-state index in [1.54, 1.807) is 12.1 Å². The Bertz CT molecular complexity index is 445. The molecule has 0 amide bonds. The van der Waals surface area contributed by atoms with Gasteiger partial charge in [0.2, 0.25) is 0 Å². The van der Waals surface area contributed by atoms with Gasteiger partial charge in [-0.3, -0.25) is 0 Å². The van der Waals surface area contributed by atoms with Gasteiger partial charge in [-0.1, -0.05) is 6.07 Å². The Labute approximate surface area is 88.0 Å². The van der Waals surface area contributed by atoms with Crippen LogP contribution in [0.2, 0.25) is 0 Å². The lowest BCUT2D eigenvalue weighted by atomic mass is 9.97. The number of aryl methyl sites for hydroxylation is 1. The van der Waals surface area contributed by atoms with E-state index >= 15 is 0 Å². The molecule has 1 aliphatic rings. The minimum atomic E-state index is -0.887. The van der Waals surface area contributed by atoms with Crippen molar-refractivity contribution in [2.24, 2.45) is 0 Å². The summed E-state index contributed by atoms with van der Waals surface area (Å²) in [7, 11) is 0. The molecule has 1 aromatic carbocycles. The van der Waals surface area contributed by atoms with E-state index in [9.17, 15) is 4.79 Å². The van der Waals surface area contributed by atoms with Gasteiger partial charge < -0.3 is 5.11 Å². The van der Waals surface area contributed by atoms with Crippen molar-refractivity contribution in [3.05, 3.63) is 34.9 Å². The molecule has 0 bridgehead atoms. The molecule has 0 aromatic heterocycles. The quantitative estimate of drug-likeness (QED) is 0.798. The zero-order chi connectivity index (χ0) is 10.8. The average molecular weight is 201 g/mol. The molecule has 1 atom stereocenters. The maximum absolute atomic E-state index is 10.8. The zero-order valence-corrected chi connectivity index (χ0v) is 8.23. The fourth-order valence-corrected chi connectivity index (χ4v) is 2.16. The molecule has 0 radical (unpaired) electrons. The second kappa shape index (κ2) is 3.74. The van der Waals surface area contributed by atoms with Crippen LogP contribution in [0.3, 0.4) is 0 Å². The molecule has 3 heteroatoms. The molecule has 76 valence electrons. The molecule has 0 saturated carbocycles. The van der Waals surface area contributed by atoms with Crippen molar-refractivity contribution in [3.8, 4) is 6.07 Å². The second-order valence-electron chi connectivity index (χ2n) is 3.82. The Hall–Kier alpha value is -1.82. The third kappa shape index (κ3) is 1.71. The lowest BCUT2D eigenvalue weighted by Gasteiger charge is -2.06.